The molecule has 0 saturated heterocycles. The van der Waals surface area contributed by atoms with Crippen LogP contribution in [0.25, 0.3) is 0 Å². The summed E-state index contributed by atoms with van der Waals surface area (Å²) >= 11 is 0. The van der Waals surface area contributed by atoms with Crippen molar-refractivity contribution in [1.82, 2.24) is 0 Å². The molecule has 0 N–H and O–H groups in total. The van der Waals surface area contributed by atoms with Crippen LogP contribution in [0.15, 0.2) is 13.2 Å². The van der Waals surface area contributed by atoms with Crippen LogP contribution in [0.2, 0.25) is 0 Å². The minimum atomic E-state index is 0.833. The molecule has 0 unspecified atom stereocenters. The number of hydrogen-bond donors (Lipinski definition) is 0. The second-order valence-corrected chi connectivity index (χ2v) is 4.21. The first-order valence-corrected chi connectivity index (χ1v) is 6.15. The van der Waals surface area contributed by atoms with E-state index in [0.29, 0.717) is 0 Å². The molecular weight excluding hydrogens is 168 g/mol. The summed E-state index contributed by atoms with van der Waals surface area (Å²) < 4.78 is 0. The van der Waals surface area contributed by atoms with Crippen molar-refractivity contribution in [2.24, 2.45) is 5.92 Å². The molecule has 88 valence electrons. The topological polar surface area (TPSA) is 0 Å². The molecule has 0 radical (unpaired) electrons. The SMILES string of the molecule is C1CCCC1.C=C.CC(C)C.CCC. The van der Waals surface area contributed by atoms with Crippen LogP contribution in [-0.2, 0) is 0 Å². The van der Waals surface area contributed by atoms with E-state index in [2.05, 4.69) is 47.8 Å². The Hall–Kier alpha value is -0.260. The molecule has 1 aliphatic carbocycles. The number of hydrogen-bond acceptors (Lipinski definition) is 0. The van der Waals surface area contributed by atoms with E-state index in [9.17, 15) is 0 Å². The third kappa shape index (κ3) is 60.3. The van der Waals surface area contributed by atoms with Gasteiger partial charge in [-0.3, -0.25) is 0 Å². The van der Waals surface area contributed by atoms with Gasteiger partial charge in [-0.1, -0.05) is 73.1 Å². The maximum Gasteiger partial charge on any atom is -0.0500 e. The minimum Gasteiger partial charge on any atom is -0.106 e. The number of rotatable bonds is 0. The van der Waals surface area contributed by atoms with Crippen molar-refractivity contribution in [2.75, 3.05) is 0 Å². The summed E-state index contributed by atoms with van der Waals surface area (Å²) in [5.74, 6) is 0.833. The van der Waals surface area contributed by atoms with Crippen LogP contribution in [0.5, 0.6) is 0 Å². The van der Waals surface area contributed by atoms with E-state index in [4.69, 9.17) is 0 Å². The highest BCUT2D eigenvalue weighted by Gasteiger charge is 1.95. The Labute approximate surface area is 92.8 Å². The van der Waals surface area contributed by atoms with Crippen LogP contribution in [0.1, 0.15) is 73.1 Å². The van der Waals surface area contributed by atoms with Gasteiger partial charge in [0.2, 0.25) is 0 Å². The summed E-state index contributed by atoms with van der Waals surface area (Å²) in [6.07, 6.45) is 8.75. The van der Waals surface area contributed by atoms with Gasteiger partial charge in [-0.05, 0) is 5.92 Å². The van der Waals surface area contributed by atoms with Crippen LogP contribution in [0.4, 0.5) is 0 Å². The Balaban J connectivity index is -0.000000123. The second-order valence-electron chi connectivity index (χ2n) is 4.21. The van der Waals surface area contributed by atoms with Gasteiger partial charge in [0.05, 0.1) is 0 Å². The standard InChI is InChI=1S/C5H10.C4H10.C3H8.C2H4/c1-2-4-5-3-1;1-4(2)3;1-3-2;1-2/h1-5H2;4H,1-3H3;3H2,1-2H3;1-2H2. The summed E-state index contributed by atoms with van der Waals surface area (Å²) in [7, 11) is 0. The predicted molar refractivity (Wildman–Crippen MR) is 70.8 cm³/mol. The van der Waals surface area contributed by atoms with Crippen LogP contribution < -0.4 is 0 Å². The minimum absolute atomic E-state index is 0.833. The van der Waals surface area contributed by atoms with Crippen molar-refractivity contribution in [1.29, 1.82) is 0 Å². The monoisotopic (exact) mass is 200 g/mol. The molecule has 1 saturated carbocycles. The summed E-state index contributed by atoms with van der Waals surface area (Å²) in [5, 5.41) is 0. The fraction of sp³-hybridized carbons (Fsp3) is 0.857. The molecule has 0 aromatic rings. The maximum absolute atomic E-state index is 3.00. The zero-order valence-electron chi connectivity index (χ0n) is 11.2. The highest BCUT2D eigenvalue weighted by molar-refractivity contribution is 4.51. The van der Waals surface area contributed by atoms with Gasteiger partial charge in [-0.2, -0.15) is 0 Å². The average Bonchev–Trinajstić information content (AvgIpc) is 2.64. The Bertz CT molecular complexity index is 50.1. The Morgan fingerprint density at radius 3 is 0.929 bits per heavy atom. The van der Waals surface area contributed by atoms with Gasteiger partial charge in [-0.25, -0.2) is 0 Å². The van der Waals surface area contributed by atoms with E-state index in [1.54, 1.807) is 0 Å². The Kier molecular flexibility index (Phi) is 31.7. The maximum atomic E-state index is 3.00. The van der Waals surface area contributed by atoms with E-state index in [-0.39, 0.29) is 0 Å². The third-order valence-corrected chi connectivity index (χ3v) is 1.25. The average molecular weight is 200 g/mol. The summed E-state index contributed by atoms with van der Waals surface area (Å²) in [6.45, 7) is 16.8. The first kappa shape index (κ1) is 19.3. The van der Waals surface area contributed by atoms with E-state index in [0.717, 1.165) is 5.92 Å². The molecule has 0 spiro atoms. The molecule has 1 aliphatic rings. The van der Waals surface area contributed by atoms with E-state index in [1.165, 1.54) is 38.5 Å². The molecule has 14 heavy (non-hydrogen) atoms. The molecular formula is C14H32. The fourth-order valence-electron chi connectivity index (χ4n) is 0.884. The quantitative estimate of drug-likeness (QED) is 0.431. The largest absolute Gasteiger partial charge is 0.106 e. The van der Waals surface area contributed by atoms with Gasteiger partial charge in [0, 0.05) is 0 Å². The molecule has 0 amide bonds. The Morgan fingerprint density at radius 1 is 0.786 bits per heavy atom. The first-order chi connectivity index (χ1) is 6.65. The molecule has 0 aromatic carbocycles. The summed E-state index contributed by atoms with van der Waals surface area (Å²) in [4.78, 5) is 0. The lowest BCUT2D eigenvalue weighted by Gasteiger charge is -1.79. The van der Waals surface area contributed by atoms with Crippen molar-refractivity contribution in [3.05, 3.63) is 13.2 Å². The molecule has 0 bridgehead atoms. The molecule has 0 aromatic heterocycles. The van der Waals surface area contributed by atoms with Crippen molar-refractivity contribution in [3.8, 4) is 0 Å². The fourth-order valence-corrected chi connectivity index (χ4v) is 0.884. The van der Waals surface area contributed by atoms with Crippen molar-refractivity contribution >= 4 is 0 Å². The van der Waals surface area contributed by atoms with Gasteiger partial charge < -0.3 is 0 Å². The van der Waals surface area contributed by atoms with E-state index < -0.39 is 0 Å². The molecule has 0 heterocycles. The lowest BCUT2D eigenvalue weighted by atomic mass is 10.3. The predicted octanol–water partition coefficient (Wildman–Crippen LogP) is 5.83. The highest BCUT2D eigenvalue weighted by Crippen LogP contribution is 2.15. The molecule has 1 fully saturated rings. The smallest absolute Gasteiger partial charge is 0.0500 e. The molecule has 0 atom stereocenters. The van der Waals surface area contributed by atoms with Gasteiger partial charge >= 0.3 is 0 Å². The zero-order chi connectivity index (χ0) is 11.8. The normalized spacial score (nSPS) is 12.7. The van der Waals surface area contributed by atoms with Crippen LogP contribution >= 0.6 is 0 Å². The molecule has 0 heteroatoms. The van der Waals surface area contributed by atoms with Crippen molar-refractivity contribution in [3.63, 3.8) is 0 Å². The van der Waals surface area contributed by atoms with E-state index in [1.807, 2.05) is 0 Å². The lowest BCUT2D eigenvalue weighted by Crippen LogP contribution is -1.66. The molecule has 0 aliphatic heterocycles. The summed E-state index contributed by atoms with van der Waals surface area (Å²) in [5.41, 5.74) is 0. The van der Waals surface area contributed by atoms with Gasteiger partial charge in [0.25, 0.3) is 0 Å². The Morgan fingerprint density at radius 2 is 0.857 bits per heavy atom. The van der Waals surface area contributed by atoms with Gasteiger partial charge in [0.1, 0.15) is 0 Å². The van der Waals surface area contributed by atoms with Gasteiger partial charge in [-0.15, -0.1) is 13.2 Å². The zero-order valence-corrected chi connectivity index (χ0v) is 11.2. The third-order valence-electron chi connectivity index (χ3n) is 1.25. The second kappa shape index (κ2) is 23.0. The van der Waals surface area contributed by atoms with Crippen LogP contribution in [-0.4, -0.2) is 0 Å². The van der Waals surface area contributed by atoms with Crippen LogP contribution in [0, 0.1) is 5.92 Å². The van der Waals surface area contributed by atoms with E-state index >= 15 is 0 Å². The van der Waals surface area contributed by atoms with Crippen LogP contribution in [0.3, 0.4) is 0 Å². The molecule has 1 rings (SSSR count). The van der Waals surface area contributed by atoms with Crippen molar-refractivity contribution < 1.29 is 0 Å². The lowest BCUT2D eigenvalue weighted by molar-refractivity contribution is 0.737. The first-order valence-electron chi connectivity index (χ1n) is 6.15. The molecule has 0 nitrogen and oxygen atoms in total. The van der Waals surface area contributed by atoms with Crippen molar-refractivity contribution in [2.45, 2.75) is 73.1 Å². The highest BCUT2D eigenvalue weighted by atomic mass is 14.0. The summed E-state index contributed by atoms with van der Waals surface area (Å²) in [6, 6.07) is 0. The van der Waals surface area contributed by atoms with Gasteiger partial charge in [0.15, 0.2) is 0 Å².